The summed E-state index contributed by atoms with van der Waals surface area (Å²) in [4.78, 5) is 0. The minimum atomic E-state index is -2.97. The van der Waals surface area contributed by atoms with Gasteiger partial charge >= 0.3 is 0 Å². The molecule has 0 saturated heterocycles. The summed E-state index contributed by atoms with van der Waals surface area (Å²) in [6.07, 6.45) is 4.79. The van der Waals surface area contributed by atoms with E-state index in [1.807, 2.05) is 0 Å². The van der Waals surface area contributed by atoms with E-state index in [2.05, 4.69) is 37.5 Å². The van der Waals surface area contributed by atoms with Crippen LogP contribution in [-0.4, -0.2) is 19.9 Å². The van der Waals surface area contributed by atoms with E-state index in [1.165, 1.54) is 22.9 Å². The molecule has 1 aromatic carbocycles. The van der Waals surface area contributed by atoms with Gasteiger partial charge in [0.2, 0.25) is 0 Å². The van der Waals surface area contributed by atoms with Gasteiger partial charge in [0.25, 0.3) is 0 Å². The van der Waals surface area contributed by atoms with E-state index in [1.54, 1.807) is 0 Å². The monoisotopic (exact) mass is 310 g/mol. The quantitative estimate of drug-likeness (QED) is 0.662. The van der Waals surface area contributed by atoms with E-state index in [4.69, 9.17) is 5.84 Å². The van der Waals surface area contributed by atoms with E-state index >= 15 is 0 Å². The third kappa shape index (κ3) is 3.84. The summed E-state index contributed by atoms with van der Waals surface area (Å²) in [6.45, 7) is 4.15. The number of sulfone groups is 1. The number of hydrazine groups is 1. The van der Waals surface area contributed by atoms with Crippen LogP contribution in [0.1, 0.15) is 48.4 Å². The largest absolute Gasteiger partial charge is 0.271 e. The van der Waals surface area contributed by atoms with Crippen molar-refractivity contribution in [3.8, 4) is 0 Å². The van der Waals surface area contributed by atoms with Gasteiger partial charge in [0.05, 0.1) is 5.25 Å². The van der Waals surface area contributed by atoms with Crippen LogP contribution in [0.4, 0.5) is 0 Å². The molecule has 0 aromatic heterocycles. The fraction of sp³-hybridized carbons (Fsp3) is 0.625. The highest BCUT2D eigenvalue weighted by atomic mass is 32.2. The maximum atomic E-state index is 11.8. The lowest BCUT2D eigenvalue weighted by atomic mass is 9.80. The summed E-state index contributed by atoms with van der Waals surface area (Å²) in [5.74, 6) is 6.08. The number of aryl methyl sites for hydroxylation is 2. The van der Waals surface area contributed by atoms with Gasteiger partial charge in [-0.25, -0.2) is 8.42 Å². The molecule has 1 aliphatic carbocycles. The van der Waals surface area contributed by atoms with Crippen LogP contribution in [0.5, 0.6) is 0 Å². The number of hydrogen-bond donors (Lipinski definition) is 2. The minimum absolute atomic E-state index is 0.0226. The SMILES string of the molecule is Cc1ccc(C)c(C(NN)C2CCCC(S(C)(=O)=O)C2)c1. The molecule has 1 aromatic rings. The maximum absolute atomic E-state index is 11.8. The normalized spacial score (nSPS) is 24.8. The van der Waals surface area contributed by atoms with Crippen LogP contribution in [0.25, 0.3) is 0 Å². The average molecular weight is 310 g/mol. The van der Waals surface area contributed by atoms with Crippen LogP contribution in [0.3, 0.4) is 0 Å². The van der Waals surface area contributed by atoms with Crippen LogP contribution in [-0.2, 0) is 9.84 Å². The molecule has 118 valence electrons. The molecule has 0 heterocycles. The average Bonchev–Trinajstić information content (AvgIpc) is 2.43. The van der Waals surface area contributed by atoms with Crippen molar-refractivity contribution in [3.63, 3.8) is 0 Å². The summed E-state index contributed by atoms with van der Waals surface area (Å²) in [5, 5.41) is -0.225. The first-order valence-corrected chi connectivity index (χ1v) is 9.50. The van der Waals surface area contributed by atoms with Gasteiger partial charge in [0.15, 0.2) is 0 Å². The number of nitrogens with two attached hydrogens (primary N) is 1. The van der Waals surface area contributed by atoms with Crippen molar-refractivity contribution in [3.05, 3.63) is 34.9 Å². The first-order chi connectivity index (χ1) is 9.82. The second kappa shape index (κ2) is 6.46. The summed E-state index contributed by atoms with van der Waals surface area (Å²) in [5.41, 5.74) is 6.52. The van der Waals surface area contributed by atoms with E-state index in [9.17, 15) is 8.42 Å². The first-order valence-electron chi connectivity index (χ1n) is 7.55. The van der Waals surface area contributed by atoms with Crippen molar-refractivity contribution in [2.75, 3.05) is 6.26 Å². The van der Waals surface area contributed by atoms with Crippen molar-refractivity contribution in [1.82, 2.24) is 5.43 Å². The number of rotatable bonds is 4. The van der Waals surface area contributed by atoms with E-state index < -0.39 is 9.84 Å². The minimum Gasteiger partial charge on any atom is -0.271 e. The van der Waals surface area contributed by atoms with E-state index in [0.29, 0.717) is 6.42 Å². The van der Waals surface area contributed by atoms with Crippen LogP contribution in [0.15, 0.2) is 18.2 Å². The molecule has 1 fully saturated rings. The Balaban J connectivity index is 2.27. The van der Waals surface area contributed by atoms with Gasteiger partial charge in [-0.15, -0.1) is 0 Å². The Hall–Kier alpha value is -0.910. The lowest BCUT2D eigenvalue weighted by molar-refractivity contribution is 0.274. The van der Waals surface area contributed by atoms with Gasteiger partial charge in [-0.1, -0.05) is 30.2 Å². The summed E-state index contributed by atoms with van der Waals surface area (Å²) < 4.78 is 23.7. The highest BCUT2D eigenvalue weighted by Crippen LogP contribution is 2.37. The Morgan fingerprint density at radius 1 is 1.29 bits per heavy atom. The molecule has 5 heteroatoms. The maximum Gasteiger partial charge on any atom is 0.150 e. The van der Waals surface area contributed by atoms with Gasteiger partial charge in [-0.2, -0.15) is 0 Å². The molecule has 0 aliphatic heterocycles. The predicted molar refractivity (Wildman–Crippen MR) is 86.6 cm³/mol. The Bertz CT molecular complexity index is 598. The van der Waals surface area contributed by atoms with Crippen LogP contribution in [0, 0.1) is 19.8 Å². The lowest BCUT2D eigenvalue weighted by Gasteiger charge is -2.34. The van der Waals surface area contributed by atoms with Gasteiger partial charge in [-0.05, 0) is 50.2 Å². The highest BCUT2D eigenvalue weighted by Gasteiger charge is 2.33. The molecule has 3 unspecified atom stereocenters. The number of nitrogens with one attached hydrogen (secondary N) is 1. The Morgan fingerprint density at radius 2 is 2.00 bits per heavy atom. The van der Waals surface area contributed by atoms with Gasteiger partial charge in [0.1, 0.15) is 9.84 Å². The molecular weight excluding hydrogens is 284 g/mol. The molecule has 2 rings (SSSR count). The molecule has 0 bridgehead atoms. The second-order valence-electron chi connectivity index (χ2n) is 6.38. The molecule has 21 heavy (non-hydrogen) atoms. The molecule has 0 amide bonds. The van der Waals surface area contributed by atoms with E-state index in [0.717, 1.165) is 19.3 Å². The lowest BCUT2D eigenvalue weighted by Crippen LogP contribution is -2.38. The first kappa shape index (κ1) is 16.5. The number of hydrogen-bond acceptors (Lipinski definition) is 4. The Labute approximate surface area is 128 Å². The van der Waals surface area contributed by atoms with Crippen LogP contribution >= 0.6 is 0 Å². The van der Waals surface area contributed by atoms with Crippen molar-refractivity contribution in [1.29, 1.82) is 0 Å². The fourth-order valence-corrected chi connectivity index (χ4v) is 4.64. The van der Waals surface area contributed by atoms with Gasteiger partial charge < -0.3 is 0 Å². The van der Waals surface area contributed by atoms with Crippen LogP contribution < -0.4 is 11.3 Å². The van der Waals surface area contributed by atoms with Crippen molar-refractivity contribution in [2.24, 2.45) is 11.8 Å². The molecule has 0 radical (unpaired) electrons. The molecule has 3 N–H and O–H groups in total. The zero-order valence-electron chi connectivity index (χ0n) is 13.1. The predicted octanol–water partition coefficient (Wildman–Crippen LogP) is 2.41. The van der Waals surface area contributed by atoms with Crippen molar-refractivity contribution < 1.29 is 8.42 Å². The summed E-state index contributed by atoms with van der Waals surface area (Å²) in [6, 6.07) is 6.37. The third-order valence-electron chi connectivity index (χ3n) is 4.69. The second-order valence-corrected chi connectivity index (χ2v) is 8.71. The zero-order chi connectivity index (χ0) is 15.6. The fourth-order valence-electron chi connectivity index (χ4n) is 3.45. The molecule has 1 aliphatic rings. The smallest absolute Gasteiger partial charge is 0.150 e. The van der Waals surface area contributed by atoms with Gasteiger partial charge in [0, 0.05) is 12.3 Å². The highest BCUT2D eigenvalue weighted by molar-refractivity contribution is 7.91. The molecule has 0 spiro atoms. The summed E-state index contributed by atoms with van der Waals surface area (Å²) in [7, 11) is -2.97. The molecule has 3 atom stereocenters. The molecular formula is C16H26N2O2S. The topological polar surface area (TPSA) is 72.2 Å². The van der Waals surface area contributed by atoms with E-state index in [-0.39, 0.29) is 17.2 Å². The van der Waals surface area contributed by atoms with Crippen molar-refractivity contribution in [2.45, 2.75) is 50.8 Å². The Kier molecular flexibility index (Phi) is 5.07. The van der Waals surface area contributed by atoms with Crippen molar-refractivity contribution >= 4 is 9.84 Å². The zero-order valence-corrected chi connectivity index (χ0v) is 13.9. The third-order valence-corrected chi connectivity index (χ3v) is 6.33. The van der Waals surface area contributed by atoms with Gasteiger partial charge in [-0.3, -0.25) is 11.3 Å². The summed E-state index contributed by atoms with van der Waals surface area (Å²) >= 11 is 0. The standard InChI is InChI=1S/C16H26N2O2S/c1-11-7-8-12(2)15(9-11)16(18-17)13-5-4-6-14(10-13)21(3,19)20/h7-9,13-14,16,18H,4-6,10,17H2,1-3H3. The number of benzene rings is 1. The molecule has 4 nitrogen and oxygen atoms in total. The molecule has 1 saturated carbocycles. The van der Waals surface area contributed by atoms with Crippen LogP contribution in [0.2, 0.25) is 0 Å². The Morgan fingerprint density at radius 3 is 2.62 bits per heavy atom.